The van der Waals surface area contributed by atoms with Gasteiger partial charge in [-0.05, 0) is 32.5 Å². The van der Waals surface area contributed by atoms with Gasteiger partial charge in [-0.1, -0.05) is 0 Å². The first-order valence-electron chi connectivity index (χ1n) is 6.53. The molecule has 0 amide bonds. The van der Waals surface area contributed by atoms with Crippen molar-refractivity contribution < 1.29 is 17.9 Å². The van der Waals surface area contributed by atoms with Gasteiger partial charge in [0.15, 0.2) is 6.61 Å². The van der Waals surface area contributed by atoms with Crippen molar-refractivity contribution in [2.45, 2.75) is 25.1 Å². The fraction of sp³-hybridized carbons (Fsp3) is 0.615. The summed E-state index contributed by atoms with van der Waals surface area (Å²) in [5.74, 6) is -0.0198. The van der Waals surface area contributed by atoms with E-state index in [0.29, 0.717) is 6.04 Å². The molecule has 20 heavy (non-hydrogen) atoms. The standard InChI is InChI=1S/C13H18F3N3O/c1-19-6-2-3-11(8-19)18-10-4-5-12(17-7-10)20-9-13(14,15)16/h4-5,7,11,18H,2-3,6,8-9H2,1H3. The number of likely N-dealkylation sites (N-methyl/N-ethyl adjacent to an activating group) is 1. The highest BCUT2D eigenvalue weighted by Crippen LogP contribution is 2.19. The first kappa shape index (κ1) is 14.9. The molecule has 4 nitrogen and oxygen atoms in total. The van der Waals surface area contributed by atoms with Gasteiger partial charge in [0.25, 0.3) is 0 Å². The zero-order valence-corrected chi connectivity index (χ0v) is 11.3. The summed E-state index contributed by atoms with van der Waals surface area (Å²) in [7, 11) is 2.07. The average Bonchev–Trinajstić information content (AvgIpc) is 2.37. The predicted molar refractivity (Wildman–Crippen MR) is 69.9 cm³/mol. The molecule has 112 valence electrons. The van der Waals surface area contributed by atoms with Crippen LogP contribution in [0.5, 0.6) is 5.88 Å². The van der Waals surface area contributed by atoms with Crippen LogP contribution in [0.1, 0.15) is 12.8 Å². The molecular weight excluding hydrogens is 271 g/mol. The highest BCUT2D eigenvalue weighted by molar-refractivity contribution is 5.43. The second-order valence-corrected chi connectivity index (χ2v) is 5.03. The Morgan fingerprint density at radius 2 is 2.25 bits per heavy atom. The third-order valence-electron chi connectivity index (χ3n) is 3.12. The third kappa shape index (κ3) is 4.88. The van der Waals surface area contributed by atoms with Crippen molar-refractivity contribution >= 4 is 5.69 Å². The van der Waals surface area contributed by atoms with E-state index < -0.39 is 12.8 Å². The molecule has 0 bridgehead atoms. The van der Waals surface area contributed by atoms with Crippen molar-refractivity contribution in [3.63, 3.8) is 0 Å². The molecule has 0 spiro atoms. The van der Waals surface area contributed by atoms with Crippen LogP contribution >= 0.6 is 0 Å². The number of nitrogens with one attached hydrogen (secondary N) is 1. The van der Waals surface area contributed by atoms with Crippen molar-refractivity contribution in [1.29, 1.82) is 0 Å². The molecule has 1 fully saturated rings. The molecule has 1 N–H and O–H groups in total. The maximum absolute atomic E-state index is 12.0. The summed E-state index contributed by atoms with van der Waals surface area (Å²) in [6.45, 7) is 0.729. The molecule has 1 aromatic rings. The quantitative estimate of drug-likeness (QED) is 0.924. The molecule has 7 heteroatoms. The van der Waals surface area contributed by atoms with E-state index in [1.54, 1.807) is 6.07 Å². The molecule has 0 aliphatic carbocycles. The number of halogens is 3. The summed E-state index contributed by atoms with van der Waals surface area (Å²) in [5, 5.41) is 3.33. The van der Waals surface area contributed by atoms with Gasteiger partial charge in [0.2, 0.25) is 5.88 Å². The van der Waals surface area contributed by atoms with Gasteiger partial charge < -0.3 is 15.0 Å². The number of alkyl halides is 3. The van der Waals surface area contributed by atoms with Crippen LogP contribution in [-0.2, 0) is 0 Å². The summed E-state index contributed by atoms with van der Waals surface area (Å²) in [6, 6.07) is 3.48. The van der Waals surface area contributed by atoms with Crippen LogP contribution in [-0.4, -0.2) is 48.8 Å². The smallest absolute Gasteiger partial charge is 0.422 e. The Bertz CT molecular complexity index is 422. The van der Waals surface area contributed by atoms with Gasteiger partial charge >= 0.3 is 6.18 Å². The number of nitrogens with zero attached hydrogens (tertiary/aromatic N) is 2. The predicted octanol–water partition coefficient (Wildman–Crippen LogP) is 2.53. The summed E-state index contributed by atoms with van der Waals surface area (Å²) in [4.78, 5) is 6.11. The van der Waals surface area contributed by atoms with Crippen molar-refractivity contribution in [2.24, 2.45) is 0 Å². The Hall–Kier alpha value is -1.50. The second-order valence-electron chi connectivity index (χ2n) is 5.03. The van der Waals surface area contributed by atoms with Gasteiger partial charge in [-0.15, -0.1) is 0 Å². The van der Waals surface area contributed by atoms with Crippen molar-refractivity contribution in [2.75, 3.05) is 32.1 Å². The summed E-state index contributed by atoms with van der Waals surface area (Å²) in [5.41, 5.74) is 0.796. The van der Waals surface area contributed by atoms with Crippen LogP contribution in [0.3, 0.4) is 0 Å². The number of piperidine rings is 1. The molecule has 1 atom stereocenters. The number of aromatic nitrogens is 1. The Morgan fingerprint density at radius 3 is 2.85 bits per heavy atom. The molecular formula is C13H18F3N3O. The van der Waals surface area contributed by atoms with E-state index >= 15 is 0 Å². The highest BCUT2D eigenvalue weighted by Gasteiger charge is 2.28. The van der Waals surface area contributed by atoms with Gasteiger partial charge in [0.1, 0.15) is 0 Å². The topological polar surface area (TPSA) is 37.4 Å². The number of anilines is 1. The molecule has 2 heterocycles. The van der Waals surface area contributed by atoms with Gasteiger partial charge in [-0.25, -0.2) is 4.98 Å². The maximum atomic E-state index is 12.0. The molecule has 1 saturated heterocycles. The minimum atomic E-state index is -4.34. The van der Waals surface area contributed by atoms with E-state index in [2.05, 4.69) is 27.0 Å². The fourth-order valence-corrected chi connectivity index (χ4v) is 2.23. The Labute approximate surface area is 115 Å². The zero-order valence-electron chi connectivity index (χ0n) is 11.3. The molecule has 1 aliphatic heterocycles. The molecule has 0 saturated carbocycles. The van der Waals surface area contributed by atoms with E-state index in [9.17, 15) is 13.2 Å². The molecule has 1 unspecified atom stereocenters. The lowest BCUT2D eigenvalue weighted by Gasteiger charge is -2.30. The van der Waals surface area contributed by atoms with Crippen LogP contribution in [0, 0.1) is 0 Å². The van der Waals surface area contributed by atoms with Gasteiger partial charge in [-0.3, -0.25) is 0 Å². The SMILES string of the molecule is CN1CCCC(Nc2ccc(OCC(F)(F)F)nc2)C1. The molecule has 0 aromatic carbocycles. The minimum absolute atomic E-state index is 0.0198. The van der Waals surface area contributed by atoms with Crippen LogP contribution < -0.4 is 10.1 Å². The molecule has 1 aromatic heterocycles. The van der Waals surface area contributed by atoms with Gasteiger partial charge in [-0.2, -0.15) is 13.2 Å². The first-order valence-corrected chi connectivity index (χ1v) is 6.53. The minimum Gasteiger partial charge on any atom is -0.468 e. The lowest BCUT2D eigenvalue weighted by atomic mass is 10.1. The van der Waals surface area contributed by atoms with Gasteiger partial charge in [0.05, 0.1) is 11.9 Å². The monoisotopic (exact) mass is 289 g/mol. The Morgan fingerprint density at radius 1 is 1.45 bits per heavy atom. The van der Waals surface area contributed by atoms with E-state index in [1.165, 1.54) is 12.3 Å². The molecule has 1 aliphatic rings. The zero-order chi connectivity index (χ0) is 14.6. The Balaban J connectivity index is 1.85. The van der Waals surface area contributed by atoms with Crippen LogP contribution in [0.2, 0.25) is 0 Å². The fourth-order valence-electron chi connectivity index (χ4n) is 2.23. The maximum Gasteiger partial charge on any atom is 0.422 e. The first-order chi connectivity index (χ1) is 9.42. The lowest BCUT2D eigenvalue weighted by molar-refractivity contribution is -0.154. The number of rotatable bonds is 4. The van der Waals surface area contributed by atoms with Crippen molar-refractivity contribution in [3.05, 3.63) is 18.3 Å². The number of pyridine rings is 1. The molecule has 0 radical (unpaired) electrons. The summed E-state index contributed by atoms with van der Waals surface area (Å²) in [6.07, 6.45) is -0.628. The van der Waals surface area contributed by atoms with E-state index in [-0.39, 0.29) is 5.88 Å². The van der Waals surface area contributed by atoms with Crippen molar-refractivity contribution in [3.8, 4) is 5.88 Å². The van der Waals surface area contributed by atoms with Crippen LogP contribution in [0.15, 0.2) is 18.3 Å². The number of hydrogen-bond acceptors (Lipinski definition) is 4. The largest absolute Gasteiger partial charge is 0.468 e. The van der Waals surface area contributed by atoms with Crippen molar-refractivity contribution in [1.82, 2.24) is 9.88 Å². The number of hydrogen-bond donors (Lipinski definition) is 1. The van der Waals surface area contributed by atoms with Crippen LogP contribution in [0.4, 0.5) is 18.9 Å². The van der Waals surface area contributed by atoms with Crippen LogP contribution in [0.25, 0.3) is 0 Å². The van der Waals surface area contributed by atoms with Gasteiger partial charge in [0, 0.05) is 18.7 Å². The average molecular weight is 289 g/mol. The third-order valence-corrected chi connectivity index (χ3v) is 3.12. The number of ether oxygens (including phenoxy) is 1. The summed E-state index contributed by atoms with van der Waals surface area (Å²) >= 11 is 0. The van der Waals surface area contributed by atoms with E-state index in [1.807, 2.05) is 0 Å². The highest BCUT2D eigenvalue weighted by atomic mass is 19.4. The van der Waals surface area contributed by atoms with E-state index in [0.717, 1.165) is 31.6 Å². The lowest BCUT2D eigenvalue weighted by Crippen LogP contribution is -2.39. The normalized spacial score (nSPS) is 20.7. The second kappa shape index (κ2) is 6.30. The summed E-state index contributed by atoms with van der Waals surface area (Å²) < 4.78 is 40.5. The number of likely N-dealkylation sites (tertiary alicyclic amines) is 1. The Kier molecular flexibility index (Phi) is 4.69. The van der Waals surface area contributed by atoms with E-state index in [4.69, 9.17) is 0 Å². The molecule has 2 rings (SSSR count).